The lowest BCUT2D eigenvalue weighted by atomic mass is 10.0. The number of aromatic carboxylic acids is 1. The molecule has 17 heavy (non-hydrogen) atoms. The zero-order valence-corrected chi connectivity index (χ0v) is 10.6. The minimum atomic E-state index is -0.962. The number of nitrogens with zero attached hydrogens (tertiary/aromatic N) is 1. The molecule has 0 saturated carbocycles. The average molecular weight is 236 g/mol. The van der Waals surface area contributed by atoms with Gasteiger partial charge in [0.05, 0.1) is 5.56 Å². The maximum absolute atomic E-state index is 11.1. The number of carboxylic acid groups (broad SMARTS) is 1. The van der Waals surface area contributed by atoms with Gasteiger partial charge in [0.15, 0.2) is 0 Å². The van der Waals surface area contributed by atoms with Crippen LogP contribution in [0.15, 0.2) is 18.2 Å². The molecular formula is C13H20N2O2. The van der Waals surface area contributed by atoms with Crippen molar-refractivity contribution in [3.8, 4) is 0 Å². The summed E-state index contributed by atoms with van der Waals surface area (Å²) >= 11 is 0. The molecule has 0 aromatic heterocycles. The van der Waals surface area contributed by atoms with Crippen LogP contribution in [0.2, 0.25) is 0 Å². The topological polar surface area (TPSA) is 66.6 Å². The second-order valence-electron chi connectivity index (χ2n) is 4.78. The van der Waals surface area contributed by atoms with Crippen LogP contribution in [0, 0.1) is 5.92 Å². The van der Waals surface area contributed by atoms with E-state index >= 15 is 0 Å². The molecular weight excluding hydrogens is 216 g/mol. The zero-order chi connectivity index (χ0) is 13.0. The van der Waals surface area contributed by atoms with Crippen molar-refractivity contribution < 1.29 is 9.90 Å². The van der Waals surface area contributed by atoms with Crippen molar-refractivity contribution in [3.05, 3.63) is 29.3 Å². The number of hydrogen-bond donors (Lipinski definition) is 2. The third kappa shape index (κ3) is 3.75. The number of rotatable bonds is 5. The van der Waals surface area contributed by atoms with E-state index in [0.717, 1.165) is 12.1 Å². The summed E-state index contributed by atoms with van der Waals surface area (Å²) in [7, 11) is 1.98. The van der Waals surface area contributed by atoms with E-state index in [1.165, 1.54) is 0 Å². The summed E-state index contributed by atoms with van der Waals surface area (Å²) in [4.78, 5) is 13.3. The van der Waals surface area contributed by atoms with Gasteiger partial charge in [-0.25, -0.2) is 4.79 Å². The van der Waals surface area contributed by atoms with Crippen molar-refractivity contribution in [2.45, 2.75) is 20.4 Å². The number of nitrogen functional groups attached to an aromatic ring is 1. The smallest absolute Gasteiger partial charge is 0.338 e. The lowest BCUT2D eigenvalue weighted by Gasteiger charge is -2.20. The van der Waals surface area contributed by atoms with Gasteiger partial charge in [0.2, 0.25) is 0 Å². The minimum absolute atomic E-state index is 0.225. The van der Waals surface area contributed by atoms with Crippen LogP contribution >= 0.6 is 0 Å². The van der Waals surface area contributed by atoms with E-state index in [-0.39, 0.29) is 5.56 Å². The van der Waals surface area contributed by atoms with E-state index in [0.29, 0.717) is 18.2 Å². The van der Waals surface area contributed by atoms with E-state index in [2.05, 4.69) is 18.7 Å². The molecule has 0 aliphatic rings. The third-order valence-corrected chi connectivity index (χ3v) is 2.51. The van der Waals surface area contributed by atoms with Crippen LogP contribution in [0.1, 0.15) is 29.8 Å². The van der Waals surface area contributed by atoms with Crippen molar-refractivity contribution in [1.82, 2.24) is 4.90 Å². The van der Waals surface area contributed by atoms with Crippen molar-refractivity contribution >= 4 is 11.7 Å². The van der Waals surface area contributed by atoms with Gasteiger partial charge in [-0.1, -0.05) is 26.0 Å². The van der Waals surface area contributed by atoms with Gasteiger partial charge >= 0.3 is 5.97 Å². The molecule has 0 radical (unpaired) electrons. The van der Waals surface area contributed by atoms with Crippen LogP contribution in [0.25, 0.3) is 0 Å². The summed E-state index contributed by atoms with van der Waals surface area (Å²) in [5.74, 6) is -0.412. The number of carbonyl (C=O) groups is 1. The third-order valence-electron chi connectivity index (χ3n) is 2.51. The van der Waals surface area contributed by atoms with Gasteiger partial charge in [0.1, 0.15) is 0 Å². The molecule has 0 aliphatic heterocycles. The number of nitrogens with two attached hydrogens (primary N) is 1. The zero-order valence-electron chi connectivity index (χ0n) is 10.6. The van der Waals surface area contributed by atoms with Crippen molar-refractivity contribution in [1.29, 1.82) is 0 Å². The Morgan fingerprint density at radius 3 is 2.65 bits per heavy atom. The Hall–Kier alpha value is -1.55. The predicted octanol–water partition coefficient (Wildman–Crippen LogP) is 2.05. The van der Waals surface area contributed by atoms with E-state index in [1.807, 2.05) is 13.1 Å². The summed E-state index contributed by atoms with van der Waals surface area (Å²) in [5.41, 5.74) is 7.02. The molecule has 4 heteroatoms. The monoisotopic (exact) mass is 236 g/mol. The highest BCUT2D eigenvalue weighted by Crippen LogP contribution is 2.18. The lowest BCUT2D eigenvalue weighted by molar-refractivity contribution is 0.0696. The molecule has 0 saturated heterocycles. The van der Waals surface area contributed by atoms with Crippen LogP contribution in [0.5, 0.6) is 0 Å². The number of benzene rings is 1. The van der Waals surface area contributed by atoms with Crippen LogP contribution in [0.3, 0.4) is 0 Å². The van der Waals surface area contributed by atoms with Crippen LogP contribution in [-0.4, -0.2) is 29.6 Å². The standard InChI is InChI=1S/C13H20N2O2/c1-9(2)7-15(3)8-10-5-4-6-11(14)12(10)13(16)17/h4-6,9H,7-8,14H2,1-3H3,(H,16,17). The largest absolute Gasteiger partial charge is 0.478 e. The van der Waals surface area contributed by atoms with E-state index in [9.17, 15) is 4.79 Å². The molecule has 3 N–H and O–H groups in total. The first kappa shape index (κ1) is 13.5. The highest BCUT2D eigenvalue weighted by Gasteiger charge is 2.14. The van der Waals surface area contributed by atoms with Crippen molar-refractivity contribution in [2.24, 2.45) is 5.92 Å². The molecule has 1 rings (SSSR count). The van der Waals surface area contributed by atoms with Gasteiger partial charge < -0.3 is 15.7 Å². The second-order valence-corrected chi connectivity index (χ2v) is 4.78. The maximum Gasteiger partial charge on any atom is 0.338 e. The molecule has 1 aromatic carbocycles. The molecule has 0 aliphatic carbocycles. The molecule has 0 fully saturated rings. The summed E-state index contributed by atoms with van der Waals surface area (Å²) in [5, 5.41) is 9.14. The molecule has 94 valence electrons. The van der Waals surface area contributed by atoms with Crippen LogP contribution in [0.4, 0.5) is 5.69 Å². The molecule has 0 spiro atoms. The van der Waals surface area contributed by atoms with Gasteiger partial charge in [-0.3, -0.25) is 0 Å². The molecule has 0 amide bonds. The Balaban J connectivity index is 2.91. The first-order valence-electron chi connectivity index (χ1n) is 5.71. The molecule has 1 aromatic rings. The van der Waals surface area contributed by atoms with E-state index < -0.39 is 5.97 Å². The van der Waals surface area contributed by atoms with Crippen LogP contribution in [-0.2, 0) is 6.54 Å². The molecule has 4 nitrogen and oxygen atoms in total. The number of hydrogen-bond acceptors (Lipinski definition) is 3. The number of anilines is 1. The Kier molecular flexibility index (Phi) is 4.52. The first-order chi connectivity index (χ1) is 7.91. The highest BCUT2D eigenvalue weighted by atomic mass is 16.4. The van der Waals surface area contributed by atoms with Gasteiger partial charge in [-0.2, -0.15) is 0 Å². The van der Waals surface area contributed by atoms with Gasteiger partial charge in [0.25, 0.3) is 0 Å². The summed E-state index contributed by atoms with van der Waals surface area (Å²) in [6.07, 6.45) is 0. The molecule has 0 unspecified atom stereocenters. The predicted molar refractivity (Wildman–Crippen MR) is 69.0 cm³/mol. The summed E-state index contributed by atoms with van der Waals surface area (Å²) < 4.78 is 0. The fourth-order valence-electron chi connectivity index (χ4n) is 1.99. The Bertz CT molecular complexity index is 402. The molecule has 0 atom stereocenters. The summed E-state index contributed by atoms with van der Waals surface area (Å²) in [6.45, 7) is 5.79. The average Bonchev–Trinajstić information content (AvgIpc) is 2.15. The molecule has 0 bridgehead atoms. The van der Waals surface area contributed by atoms with Gasteiger partial charge in [0, 0.05) is 18.8 Å². The summed E-state index contributed by atoms with van der Waals surface area (Å²) in [6, 6.07) is 5.23. The second kappa shape index (κ2) is 5.68. The van der Waals surface area contributed by atoms with Gasteiger partial charge in [-0.05, 0) is 24.6 Å². The maximum atomic E-state index is 11.1. The number of carboxylic acids is 1. The highest BCUT2D eigenvalue weighted by molar-refractivity contribution is 5.95. The Labute approximate surface area is 102 Å². The van der Waals surface area contributed by atoms with Gasteiger partial charge in [-0.15, -0.1) is 0 Å². The SMILES string of the molecule is CC(C)CN(C)Cc1cccc(N)c1C(=O)O. The van der Waals surface area contributed by atoms with Crippen molar-refractivity contribution in [3.63, 3.8) is 0 Å². The quantitative estimate of drug-likeness (QED) is 0.768. The Morgan fingerprint density at radius 1 is 1.47 bits per heavy atom. The fraction of sp³-hybridized carbons (Fsp3) is 0.462. The van der Waals surface area contributed by atoms with Crippen LogP contribution < -0.4 is 5.73 Å². The van der Waals surface area contributed by atoms with E-state index in [4.69, 9.17) is 10.8 Å². The minimum Gasteiger partial charge on any atom is -0.478 e. The Morgan fingerprint density at radius 2 is 2.12 bits per heavy atom. The van der Waals surface area contributed by atoms with E-state index in [1.54, 1.807) is 12.1 Å². The normalized spacial score (nSPS) is 11.1. The molecule has 0 heterocycles. The fourth-order valence-corrected chi connectivity index (χ4v) is 1.99. The van der Waals surface area contributed by atoms with Crippen molar-refractivity contribution in [2.75, 3.05) is 19.3 Å². The first-order valence-corrected chi connectivity index (χ1v) is 5.71. The lowest BCUT2D eigenvalue weighted by Crippen LogP contribution is -2.24.